The Hall–Kier alpha value is -5.22. The maximum atomic E-state index is 13.5. The van der Waals surface area contributed by atoms with E-state index in [1.165, 1.54) is 17.0 Å². The largest absolute Gasteiger partial charge is 0.454 e. The average molecular weight is 634 g/mol. The number of fused-ring (bicyclic) bond motifs is 1. The molecule has 2 bridgehead atoms. The summed E-state index contributed by atoms with van der Waals surface area (Å²) < 4.78 is 5.36. The molecule has 6 atom stereocenters. The van der Waals surface area contributed by atoms with E-state index in [2.05, 4.69) is 12.2 Å². The van der Waals surface area contributed by atoms with Crippen molar-refractivity contribution >= 4 is 57.4 Å². The first kappa shape index (κ1) is 28.3. The van der Waals surface area contributed by atoms with Crippen molar-refractivity contribution in [2.75, 3.05) is 11.5 Å². The highest BCUT2D eigenvalue weighted by Crippen LogP contribution is 2.65. The lowest BCUT2D eigenvalue weighted by Gasteiger charge is -2.37. The first-order valence-electron chi connectivity index (χ1n) is 14.9. The molecule has 3 aromatic carbocycles. The molecule has 2 amide bonds. The number of esters is 1. The fourth-order valence-electron chi connectivity index (χ4n) is 7.60. The van der Waals surface area contributed by atoms with E-state index in [4.69, 9.17) is 21.3 Å². The van der Waals surface area contributed by atoms with Gasteiger partial charge in [-0.3, -0.25) is 29.4 Å². The van der Waals surface area contributed by atoms with E-state index >= 15 is 0 Å². The number of nitrogens with zero attached hydrogens (tertiary/aromatic N) is 3. The topological polar surface area (TPSA) is 137 Å². The van der Waals surface area contributed by atoms with Gasteiger partial charge in [0.1, 0.15) is 5.02 Å². The third-order valence-electron chi connectivity index (χ3n) is 9.82. The molecule has 9 rings (SSSR count). The quantitative estimate of drug-likeness (QED) is 0.0598. The summed E-state index contributed by atoms with van der Waals surface area (Å²) >= 11 is 5.84. The van der Waals surface area contributed by atoms with E-state index in [0.29, 0.717) is 39.7 Å². The van der Waals surface area contributed by atoms with Crippen LogP contribution in [0.15, 0.2) is 84.9 Å². The van der Waals surface area contributed by atoms with Crippen molar-refractivity contribution in [2.45, 2.75) is 6.42 Å². The van der Waals surface area contributed by atoms with Gasteiger partial charge in [-0.05, 0) is 66.5 Å². The van der Waals surface area contributed by atoms with Crippen molar-refractivity contribution in [1.82, 2.24) is 4.98 Å². The number of pyridine rings is 1. The molecule has 0 N–H and O–H groups in total. The number of ether oxygens (including phenoxy) is 1. The predicted octanol–water partition coefficient (Wildman–Crippen LogP) is 6.06. The summed E-state index contributed by atoms with van der Waals surface area (Å²) in [5.74, 6) is -0.931. The van der Waals surface area contributed by atoms with Crippen LogP contribution in [0.2, 0.25) is 5.02 Å². The van der Waals surface area contributed by atoms with Crippen LogP contribution in [0.5, 0.6) is 0 Å². The van der Waals surface area contributed by atoms with Crippen LogP contribution in [0.1, 0.15) is 27.1 Å². The Morgan fingerprint density at radius 1 is 0.935 bits per heavy atom. The monoisotopic (exact) mass is 633 g/mol. The van der Waals surface area contributed by atoms with Gasteiger partial charge in [0.15, 0.2) is 6.61 Å². The Labute approximate surface area is 266 Å². The van der Waals surface area contributed by atoms with Crippen molar-refractivity contribution in [3.05, 3.63) is 111 Å². The lowest BCUT2D eigenvalue weighted by Crippen LogP contribution is -2.40. The second-order valence-corrected chi connectivity index (χ2v) is 12.6. The Balaban J connectivity index is 1.04. The van der Waals surface area contributed by atoms with Crippen LogP contribution in [-0.2, 0) is 14.3 Å². The van der Waals surface area contributed by atoms with Gasteiger partial charge in [0.25, 0.3) is 5.69 Å². The maximum absolute atomic E-state index is 13.5. The fourth-order valence-corrected chi connectivity index (χ4v) is 7.79. The van der Waals surface area contributed by atoms with Gasteiger partial charge in [-0.1, -0.05) is 54.1 Å². The number of hydrogen-bond acceptors (Lipinski definition) is 8. The van der Waals surface area contributed by atoms with Gasteiger partial charge < -0.3 is 4.74 Å². The zero-order valence-corrected chi connectivity index (χ0v) is 24.8. The molecule has 228 valence electrons. The highest BCUT2D eigenvalue weighted by Gasteiger charge is 2.67. The minimum atomic E-state index is -0.773. The van der Waals surface area contributed by atoms with Crippen molar-refractivity contribution in [3.63, 3.8) is 0 Å². The number of halogens is 1. The first-order valence-corrected chi connectivity index (χ1v) is 15.3. The summed E-state index contributed by atoms with van der Waals surface area (Å²) in [5, 5.41) is 11.6. The molecule has 2 heterocycles. The van der Waals surface area contributed by atoms with Crippen LogP contribution < -0.4 is 4.90 Å². The number of ketones is 1. The number of carbonyl (C=O) groups excluding carboxylic acids is 4. The Morgan fingerprint density at radius 3 is 2.28 bits per heavy atom. The molecule has 0 radical (unpaired) electrons. The highest BCUT2D eigenvalue weighted by molar-refractivity contribution is 6.32. The SMILES string of the molecule is O=C(COC(=O)c1cc(-c2ccc(N3C(=O)C4C5C=CC(C6CC56)C4C3=O)cc2)nc2ccccc12)c1ccc(Cl)c([N+](=O)[O-])c1. The minimum absolute atomic E-state index is 0.0146. The maximum Gasteiger partial charge on any atom is 0.339 e. The van der Waals surface area contributed by atoms with E-state index in [-0.39, 0.29) is 51.6 Å². The third kappa shape index (κ3) is 4.35. The van der Waals surface area contributed by atoms with Crippen LogP contribution in [0, 0.1) is 45.6 Å². The molecule has 2 saturated carbocycles. The van der Waals surface area contributed by atoms with Gasteiger partial charge in [-0.2, -0.15) is 0 Å². The molecule has 11 heteroatoms. The second-order valence-electron chi connectivity index (χ2n) is 12.2. The van der Waals surface area contributed by atoms with E-state index in [9.17, 15) is 29.3 Å². The van der Waals surface area contributed by atoms with E-state index in [1.54, 1.807) is 54.6 Å². The number of aromatic nitrogens is 1. The van der Waals surface area contributed by atoms with Crippen LogP contribution >= 0.6 is 11.6 Å². The number of allylic oxidation sites excluding steroid dienone is 2. The summed E-state index contributed by atoms with van der Waals surface area (Å²) in [5.41, 5.74) is 1.86. The Kier molecular flexibility index (Phi) is 6.40. The lowest BCUT2D eigenvalue weighted by atomic mass is 9.63. The first-order chi connectivity index (χ1) is 22.2. The normalized spacial score (nSPS) is 25.4. The molecular formula is C35H24ClN3O7. The fraction of sp³-hybridized carbons (Fsp3) is 0.229. The van der Waals surface area contributed by atoms with Crippen LogP contribution in [-0.4, -0.2) is 40.1 Å². The molecule has 0 spiro atoms. The number of nitro groups is 1. The van der Waals surface area contributed by atoms with E-state index in [1.807, 2.05) is 0 Å². The number of rotatable bonds is 7. The molecule has 4 aliphatic carbocycles. The minimum Gasteiger partial charge on any atom is -0.454 e. The van der Waals surface area contributed by atoms with Gasteiger partial charge in [0, 0.05) is 22.6 Å². The Morgan fingerprint density at radius 2 is 1.61 bits per heavy atom. The molecule has 46 heavy (non-hydrogen) atoms. The standard InChI is InChI=1S/C35H24ClN3O7/c36-26-12-7-18(13-29(26)39(44)45)30(40)16-46-35(43)25-15-28(37-27-4-2-1-3-20(25)27)17-5-8-19(9-6-17)38-33(41)31-21-10-11-22(24-14-23(21)24)32(31)34(38)42/h1-13,15,21-24,31-32H,14,16H2. The molecule has 10 nitrogen and oxygen atoms in total. The zero-order chi connectivity index (χ0) is 31.9. The summed E-state index contributed by atoms with van der Waals surface area (Å²) in [6.45, 7) is -0.642. The Bertz CT molecular complexity index is 2020. The molecule has 3 fully saturated rings. The van der Waals surface area contributed by atoms with Gasteiger partial charge in [0.05, 0.1) is 39.2 Å². The summed E-state index contributed by atoms with van der Waals surface area (Å²) in [7, 11) is 0. The number of Topliss-reactive ketones (excluding diaryl/α,β-unsaturated/α-hetero) is 1. The predicted molar refractivity (Wildman–Crippen MR) is 167 cm³/mol. The van der Waals surface area contributed by atoms with Crippen molar-refractivity contribution < 1.29 is 28.8 Å². The molecular weight excluding hydrogens is 610 g/mol. The number of benzene rings is 3. The number of imide groups is 1. The molecule has 4 aromatic rings. The average Bonchev–Trinajstić information content (AvgIpc) is 3.85. The van der Waals surface area contributed by atoms with Crippen LogP contribution in [0.25, 0.3) is 22.2 Å². The smallest absolute Gasteiger partial charge is 0.339 e. The van der Waals surface area contributed by atoms with E-state index in [0.717, 1.165) is 12.5 Å². The van der Waals surface area contributed by atoms with Crippen molar-refractivity contribution in [2.24, 2.45) is 35.5 Å². The summed E-state index contributed by atoms with van der Waals surface area (Å²) in [4.78, 5) is 69.7. The number of anilines is 1. The number of carbonyl (C=O) groups is 4. The lowest BCUT2D eigenvalue weighted by molar-refractivity contribution is -0.384. The highest BCUT2D eigenvalue weighted by atomic mass is 35.5. The zero-order valence-electron chi connectivity index (χ0n) is 24.0. The summed E-state index contributed by atoms with van der Waals surface area (Å²) in [6, 6.07) is 19.1. The number of hydrogen-bond donors (Lipinski definition) is 0. The number of amides is 2. The molecule has 5 aliphatic rings. The van der Waals surface area contributed by atoms with Gasteiger partial charge in [0.2, 0.25) is 17.6 Å². The molecule has 1 saturated heterocycles. The molecule has 1 aromatic heterocycles. The van der Waals surface area contributed by atoms with Gasteiger partial charge in [-0.25, -0.2) is 9.78 Å². The third-order valence-corrected chi connectivity index (χ3v) is 10.1. The van der Waals surface area contributed by atoms with Crippen molar-refractivity contribution in [1.29, 1.82) is 0 Å². The summed E-state index contributed by atoms with van der Waals surface area (Å²) in [6.07, 6.45) is 5.39. The second kappa shape index (κ2) is 10.4. The van der Waals surface area contributed by atoms with E-state index < -0.39 is 29.0 Å². The van der Waals surface area contributed by atoms with Gasteiger partial charge >= 0.3 is 5.97 Å². The van der Waals surface area contributed by atoms with Gasteiger partial charge in [-0.15, -0.1) is 0 Å². The molecule has 6 unspecified atom stereocenters. The molecule has 1 aliphatic heterocycles. The number of nitro benzene ring substituents is 1. The van der Waals surface area contributed by atoms with Crippen LogP contribution in [0.4, 0.5) is 11.4 Å². The van der Waals surface area contributed by atoms with Crippen molar-refractivity contribution in [3.8, 4) is 11.3 Å². The number of para-hydroxylation sites is 1. The van der Waals surface area contributed by atoms with Crippen LogP contribution in [0.3, 0.4) is 0 Å².